The molecule has 0 saturated carbocycles. The molecule has 2 aromatic rings. The van der Waals surface area contributed by atoms with E-state index in [4.69, 9.17) is 17.3 Å². The highest BCUT2D eigenvalue weighted by Crippen LogP contribution is 2.40. The first kappa shape index (κ1) is 13.8. The Kier molecular flexibility index (Phi) is 3.27. The highest BCUT2D eigenvalue weighted by Gasteiger charge is 2.44. The number of Topliss-reactive ketones (excluding diaryl/α,β-unsaturated/α-hetero) is 1. The summed E-state index contributed by atoms with van der Waals surface area (Å²) in [6.07, 6.45) is 0. The van der Waals surface area contributed by atoms with Gasteiger partial charge in [-0.15, -0.1) is 0 Å². The summed E-state index contributed by atoms with van der Waals surface area (Å²) in [5.41, 5.74) is 6.40. The summed E-state index contributed by atoms with van der Waals surface area (Å²) in [5, 5.41) is 3.77. The predicted octanol–water partition coefficient (Wildman–Crippen LogP) is 2.79. The summed E-state index contributed by atoms with van der Waals surface area (Å²) in [7, 11) is 0. The van der Waals surface area contributed by atoms with Gasteiger partial charge in [-0.1, -0.05) is 17.7 Å². The minimum absolute atomic E-state index is 0.272. The van der Waals surface area contributed by atoms with Crippen molar-refractivity contribution in [3.63, 3.8) is 0 Å². The topological polar surface area (TPSA) is 80.5 Å². The fourth-order valence-corrected chi connectivity index (χ4v) is 3.20. The zero-order valence-electron chi connectivity index (χ0n) is 10.6. The van der Waals surface area contributed by atoms with Crippen LogP contribution < -0.4 is 10.6 Å². The highest BCUT2D eigenvalue weighted by atomic mass is 35.5. The molecular formula is C14H9ClN2O3S. The number of benzene rings is 1. The molecule has 2 N–H and O–H groups in total. The number of halogens is 1. The number of fused-ring (bicyclic) bond motifs is 1. The van der Waals surface area contributed by atoms with Crippen LogP contribution in [-0.4, -0.2) is 17.7 Å². The second-order valence-electron chi connectivity index (χ2n) is 4.52. The summed E-state index contributed by atoms with van der Waals surface area (Å²) in [6.45, 7) is 0. The maximum absolute atomic E-state index is 12.5. The number of anilines is 1. The SMILES string of the molecule is NC(=O)N1C(=O)C(C(=O)c2ccsc2)c2ccc(Cl)cc21. The van der Waals surface area contributed by atoms with Crippen LogP contribution in [0.3, 0.4) is 0 Å². The largest absolute Gasteiger partial charge is 0.351 e. The molecule has 0 bridgehead atoms. The lowest BCUT2D eigenvalue weighted by molar-refractivity contribution is -0.117. The van der Waals surface area contributed by atoms with Gasteiger partial charge in [-0.2, -0.15) is 11.3 Å². The molecule has 0 spiro atoms. The Morgan fingerprint density at radius 2 is 2.05 bits per heavy atom. The first-order chi connectivity index (χ1) is 10.0. The van der Waals surface area contributed by atoms with Crippen molar-refractivity contribution >= 4 is 46.3 Å². The van der Waals surface area contributed by atoms with Crippen LogP contribution in [0.25, 0.3) is 0 Å². The molecule has 1 atom stereocenters. The molecule has 1 aromatic heterocycles. The van der Waals surface area contributed by atoms with Gasteiger partial charge in [0, 0.05) is 16.0 Å². The number of nitrogens with two attached hydrogens (primary N) is 1. The zero-order valence-corrected chi connectivity index (χ0v) is 12.1. The number of carbonyl (C=O) groups is 3. The third kappa shape index (κ3) is 2.12. The van der Waals surface area contributed by atoms with E-state index in [1.807, 2.05) is 0 Å². The van der Waals surface area contributed by atoms with E-state index in [-0.39, 0.29) is 11.5 Å². The second kappa shape index (κ2) is 4.98. The average Bonchev–Trinajstić information content (AvgIpc) is 3.02. The number of primary amides is 1. The Morgan fingerprint density at radius 1 is 1.29 bits per heavy atom. The highest BCUT2D eigenvalue weighted by molar-refractivity contribution is 7.08. The lowest BCUT2D eigenvalue weighted by Crippen LogP contribution is -2.40. The van der Waals surface area contributed by atoms with E-state index >= 15 is 0 Å². The third-order valence-electron chi connectivity index (χ3n) is 3.30. The summed E-state index contributed by atoms with van der Waals surface area (Å²) < 4.78 is 0. The Balaban J connectivity index is 2.13. The van der Waals surface area contributed by atoms with Gasteiger partial charge >= 0.3 is 6.03 Å². The van der Waals surface area contributed by atoms with Crippen LogP contribution in [0.4, 0.5) is 10.5 Å². The second-order valence-corrected chi connectivity index (χ2v) is 5.74. The number of hydrogen-bond donors (Lipinski definition) is 1. The molecule has 21 heavy (non-hydrogen) atoms. The number of carbonyl (C=O) groups excluding carboxylic acids is 3. The maximum Gasteiger partial charge on any atom is 0.326 e. The van der Waals surface area contributed by atoms with Gasteiger partial charge in [0.15, 0.2) is 5.78 Å². The normalized spacial score (nSPS) is 16.9. The van der Waals surface area contributed by atoms with E-state index in [1.54, 1.807) is 29.0 Å². The monoisotopic (exact) mass is 320 g/mol. The van der Waals surface area contributed by atoms with Crippen molar-refractivity contribution in [1.29, 1.82) is 0 Å². The van der Waals surface area contributed by atoms with Gasteiger partial charge in [-0.25, -0.2) is 9.69 Å². The van der Waals surface area contributed by atoms with Gasteiger partial charge < -0.3 is 5.73 Å². The predicted molar refractivity (Wildman–Crippen MR) is 79.9 cm³/mol. The number of amides is 3. The molecule has 1 aliphatic rings. The van der Waals surface area contributed by atoms with Crippen LogP contribution in [0.2, 0.25) is 5.02 Å². The van der Waals surface area contributed by atoms with Crippen LogP contribution in [0.5, 0.6) is 0 Å². The van der Waals surface area contributed by atoms with Crippen LogP contribution in [0.1, 0.15) is 21.8 Å². The van der Waals surface area contributed by atoms with Gasteiger partial charge in [0.2, 0.25) is 0 Å². The molecule has 1 unspecified atom stereocenters. The quantitative estimate of drug-likeness (QED) is 0.682. The van der Waals surface area contributed by atoms with E-state index in [1.165, 1.54) is 17.4 Å². The van der Waals surface area contributed by atoms with Gasteiger partial charge in [0.05, 0.1) is 5.69 Å². The standard InChI is InChI=1S/C14H9ClN2O3S/c15-8-1-2-9-10(5-8)17(14(16)20)13(19)11(9)12(18)7-3-4-21-6-7/h1-6,11H,(H2,16,20). The minimum Gasteiger partial charge on any atom is -0.351 e. The Hall–Kier alpha value is -2.18. The molecule has 0 fully saturated rings. The summed E-state index contributed by atoms with van der Waals surface area (Å²) >= 11 is 7.25. The fourth-order valence-electron chi connectivity index (χ4n) is 2.39. The number of urea groups is 1. The number of rotatable bonds is 2. The van der Waals surface area contributed by atoms with Crippen molar-refractivity contribution in [1.82, 2.24) is 0 Å². The number of imide groups is 1. The molecule has 0 aliphatic carbocycles. The zero-order chi connectivity index (χ0) is 15.1. The summed E-state index contributed by atoms with van der Waals surface area (Å²) in [5.74, 6) is -2.05. The lowest BCUT2D eigenvalue weighted by atomic mass is 9.93. The van der Waals surface area contributed by atoms with Crippen LogP contribution in [0, 0.1) is 0 Å². The molecular weight excluding hydrogens is 312 g/mol. The first-order valence-corrected chi connectivity index (χ1v) is 7.32. The number of nitrogens with zero attached hydrogens (tertiary/aromatic N) is 1. The van der Waals surface area contributed by atoms with Crippen molar-refractivity contribution in [2.75, 3.05) is 4.90 Å². The maximum atomic E-state index is 12.5. The van der Waals surface area contributed by atoms with E-state index in [0.29, 0.717) is 16.1 Å². The van der Waals surface area contributed by atoms with Gasteiger partial charge in [0.25, 0.3) is 5.91 Å². The molecule has 1 aliphatic heterocycles. The van der Waals surface area contributed by atoms with E-state index in [2.05, 4.69) is 0 Å². The Labute approximate surface area is 128 Å². The van der Waals surface area contributed by atoms with Gasteiger partial charge in [0.1, 0.15) is 5.92 Å². The Bertz CT molecular complexity index is 758. The smallest absolute Gasteiger partial charge is 0.326 e. The van der Waals surface area contributed by atoms with Crippen molar-refractivity contribution < 1.29 is 14.4 Å². The van der Waals surface area contributed by atoms with Crippen molar-refractivity contribution in [2.24, 2.45) is 5.73 Å². The van der Waals surface area contributed by atoms with Crippen molar-refractivity contribution in [3.05, 3.63) is 51.2 Å². The summed E-state index contributed by atoms with van der Waals surface area (Å²) in [4.78, 5) is 37.2. The first-order valence-electron chi connectivity index (χ1n) is 6.00. The average molecular weight is 321 g/mol. The number of ketones is 1. The number of thiophene rings is 1. The van der Waals surface area contributed by atoms with E-state index in [9.17, 15) is 14.4 Å². The lowest BCUT2D eigenvalue weighted by Gasteiger charge is -2.12. The molecule has 3 rings (SSSR count). The van der Waals surface area contributed by atoms with Crippen LogP contribution in [0.15, 0.2) is 35.0 Å². The van der Waals surface area contributed by atoms with Crippen molar-refractivity contribution in [3.8, 4) is 0 Å². The molecule has 2 heterocycles. The molecule has 5 nitrogen and oxygen atoms in total. The van der Waals surface area contributed by atoms with Crippen LogP contribution >= 0.6 is 22.9 Å². The fraction of sp³-hybridized carbons (Fsp3) is 0.0714. The van der Waals surface area contributed by atoms with E-state index < -0.39 is 17.9 Å². The minimum atomic E-state index is -1.06. The number of hydrogen-bond acceptors (Lipinski definition) is 4. The van der Waals surface area contributed by atoms with Crippen LogP contribution in [-0.2, 0) is 4.79 Å². The molecule has 0 radical (unpaired) electrons. The molecule has 106 valence electrons. The molecule has 3 amide bonds. The van der Waals surface area contributed by atoms with Gasteiger partial charge in [-0.05, 0) is 29.1 Å². The molecule has 0 saturated heterocycles. The molecule has 7 heteroatoms. The molecule has 1 aromatic carbocycles. The third-order valence-corrected chi connectivity index (χ3v) is 4.22. The van der Waals surface area contributed by atoms with Gasteiger partial charge in [-0.3, -0.25) is 9.59 Å². The Morgan fingerprint density at radius 3 is 2.67 bits per heavy atom. The van der Waals surface area contributed by atoms with Crippen molar-refractivity contribution in [2.45, 2.75) is 5.92 Å². The van der Waals surface area contributed by atoms with E-state index in [0.717, 1.165) is 4.90 Å². The summed E-state index contributed by atoms with van der Waals surface area (Å²) in [6, 6.07) is 5.33.